The Morgan fingerprint density at radius 3 is 2.95 bits per heavy atom. The van der Waals surface area contributed by atoms with Crippen molar-refractivity contribution in [2.45, 2.75) is 6.04 Å². The largest absolute Gasteiger partial charge is 0.378 e. The van der Waals surface area contributed by atoms with E-state index in [0.29, 0.717) is 12.0 Å². The fourth-order valence-corrected chi connectivity index (χ4v) is 3.12. The summed E-state index contributed by atoms with van der Waals surface area (Å²) in [4.78, 5) is 2.39. The van der Waals surface area contributed by atoms with Crippen LogP contribution in [0.15, 0.2) is 12.3 Å². The van der Waals surface area contributed by atoms with E-state index in [4.69, 9.17) is 4.74 Å². The molecule has 0 aromatic carbocycles. The first-order valence-electron chi connectivity index (χ1n) is 6.94. The molecule has 0 radical (unpaired) electrons. The fraction of sp³-hybridized carbons (Fsp3) is 0.692. The molecule has 3 saturated heterocycles. The normalized spacial score (nSPS) is 28.8. The number of morpholine rings is 1. The standard InChI is InChI=1S/C13H19N5O/c1-2-19-5-12(15-1)11-3-10(4-16-17-11)18-8-13(9-18)6-14-7-13/h3-4,12,14-15H,1-2,5-9H2. The van der Waals surface area contributed by atoms with Crippen molar-refractivity contribution in [3.05, 3.63) is 18.0 Å². The molecule has 0 amide bonds. The van der Waals surface area contributed by atoms with E-state index in [2.05, 4.69) is 31.8 Å². The van der Waals surface area contributed by atoms with Gasteiger partial charge in [-0.2, -0.15) is 10.2 Å². The van der Waals surface area contributed by atoms with Gasteiger partial charge in [0.05, 0.1) is 36.8 Å². The zero-order valence-electron chi connectivity index (χ0n) is 10.9. The molecule has 6 heteroatoms. The molecule has 3 fully saturated rings. The average molecular weight is 261 g/mol. The van der Waals surface area contributed by atoms with Crippen molar-refractivity contribution in [2.75, 3.05) is 50.8 Å². The summed E-state index contributed by atoms with van der Waals surface area (Å²) < 4.78 is 5.48. The third-order valence-corrected chi connectivity index (χ3v) is 4.36. The van der Waals surface area contributed by atoms with Crippen molar-refractivity contribution < 1.29 is 4.74 Å². The van der Waals surface area contributed by atoms with Gasteiger partial charge in [-0.3, -0.25) is 0 Å². The lowest BCUT2D eigenvalue weighted by atomic mass is 9.74. The molecule has 1 atom stereocenters. The Balaban J connectivity index is 1.47. The van der Waals surface area contributed by atoms with Gasteiger partial charge in [-0.15, -0.1) is 0 Å². The van der Waals surface area contributed by atoms with Crippen LogP contribution in [0.25, 0.3) is 0 Å². The molecule has 6 nitrogen and oxygen atoms in total. The smallest absolute Gasteiger partial charge is 0.0844 e. The van der Waals surface area contributed by atoms with Crippen molar-refractivity contribution in [3.8, 4) is 0 Å². The van der Waals surface area contributed by atoms with Crippen LogP contribution in [-0.2, 0) is 4.74 Å². The Kier molecular flexibility index (Phi) is 2.68. The molecule has 1 spiro atoms. The fourth-order valence-electron chi connectivity index (χ4n) is 3.12. The van der Waals surface area contributed by atoms with Gasteiger partial charge < -0.3 is 20.3 Å². The van der Waals surface area contributed by atoms with E-state index in [1.165, 1.54) is 5.69 Å². The molecule has 4 heterocycles. The molecule has 1 aromatic heterocycles. The van der Waals surface area contributed by atoms with Crippen LogP contribution in [0.4, 0.5) is 5.69 Å². The van der Waals surface area contributed by atoms with Crippen LogP contribution < -0.4 is 15.5 Å². The molecule has 19 heavy (non-hydrogen) atoms. The summed E-state index contributed by atoms with van der Waals surface area (Å²) in [6.07, 6.45) is 1.87. The molecular formula is C13H19N5O. The number of hydrogen-bond acceptors (Lipinski definition) is 6. The van der Waals surface area contributed by atoms with Gasteiger partial charge in [-0.25, -0.2) is 0 Å². The molecule has 0 aliphatic carbocycles. The van der Waals surface area contributed by atoms with Crippen molar-refractivity contribution in [1.29, 1.82) is 0 Å². The van der Waals surface area contributed by atoms with E-state index < -0.39 is 0 Å². The molecule has 3 aliphatic rings. The Labute approximate surface area is 112 Å². The number of anilines is 1. The van der Waals surface area contributed by atoms with E-state index in [0.717, 1.165) is 45.0 Å². The molecule has 1 aromatic rings. The highest BCUT2D eigenvalue weighted by Gasteiger charge is 2.47. The maximum atomic E-state index is 5.48. The van der Waals surface area contributed by atoms with E-state index in [1.54, 1.807) is 0 Å². The maximum Gasteiger partial charge on any atom is 0.0844 e. The lowest BCUT2D eigenvalue weighted by Gasteiger charge is -2.57. The first kappa shape index (κ1) is 11.6. The Morgan fingerprint density at radius 1 is 1.37 bits per heavy atom. The second-order valence-electron chi connectivity index (χ2n) is 5.88. The van der Waals surface area contributed by atoms with Gasteiger partial charge >= 0.3 is 0 Å². The average Bonchev–Trinajstić information content (AvgIpc) is 2.37. The predicted octanol–water partition coefficient (Wildman–Crippen LogP) is -0.453. The van der Waals surface area contributed by atoms with Gasteiger partial charge in [-0.1, -0.05) is 0 Å². The van der Waals surface area contributed by atoms with Crippen LogP contribution in [-0.4, -0.2) is 56.1 Å². The van der Waals surface area contributed by atoms with E-state index in [-0.39, 0.29) is 6.04 Å². The van der Waals surface area contributed by atoms with Gasteiger partial charge in [0.15, 0.2) is 0 Å². The zero-order valence-corrected chi connectivity index (χ0v) is 10.9. The molecular weight excluding hydrogens is 242 g/mol. The Hall–Kier alpha value is -1.24. The number of ether oxygens (including phenoxy) is 1. The number of nitrogens with one attached hydrogen (secondary N) is 2. The quantitative estimate of drug-likeness (QED) is 0.752. The Bertz CT molecular complexity index is 462. The van der Waals surface area contributed by atoms with Crippen molar-refractivity contribution in [2.24, 2.45) is 5.41 Å². The van der Waals surface area contributed by atoms with Gasteiger partial charge in [0.25, 0.3) is 0 Å². The highest BCUT2D eigenvalue weighted by atomic mass is 16.5. The predicted molar refractivity (Wildman–Crippen MR) is 71.1 cm³/mol. The van der Waals surface area contributed by atoms with Gasteiger partial charge in [0, 0.05) is 38.1 Å². The van der Waals surface area contributed by atoms with Gasteiger partial charge in [0.2, 0.25) is 0 Å². The molecule has 1 unspecified atom stereocenters. The summed E-state index contributed by atoms with van der Waals surface area (Å²) >= 11 is 0. The molecule has 0 saturated carbocycles. The van der Waals surface area contributed by atoms with Crippen molar-refractivity contribution in [3.63, 3.8) is 0 Å². The molecule has 4 rings (SSSR count). The topological polar surface area (TPSA) is 62.3 Å². The second kappa shape index (κ2) is 4.40. The molecule has 0 bridgehead atoms. The lowest BCUT2D eigenvalue weighted by Crippen LogP contribution is -2.71. The number of aromatic nitrogens is 2. The summed E-state index contributed by atoms with van der Waals surface area (Å²) in [6.45, 7) is 6.95. The van der Waals surface area contributed by atoms with Crippen molar-refractivity contribution in [1.82, 2.24) is 20.8 Å². The Morgan fingerprint density at radius 2 is 2.26 bits per heavy atom. The summed E-state index contributed by atoms with van der Waals surface area (Å²) in [5, 5.41) is 15.2. The minimum Gasteiger partial charge on any atom is -0.378 e. The van der Waals surface area contributed by atoms with E-state index in [9.17, 15) is 0 Å². The highest BCUT2D eigenvalue weighted by Crippen LogP contribution is 2.37. The molecule has 3 aliphatic heterocycles. The third-order valence-electron chi connectivity index (χ3n) is 4.36. The minimum absolute atomic E-state index is 0.182. The summed E-state index contributed by atoms with van der Waals surface area (Å²) in [6, 6.07) is 2.33. The van der Waals surface area contributed by atoms with E-state index in [1.807, 2.05) is 6.20 Å². The number of nitrogens with zero attached hydrogens (tertiary/aromatic N) is 3. The first-order chi connectivity index (χ1) is 9.35. The second-order valence-corrected chi connectivity index (χ2v) is 5.88. The first-order valence-corrected chi connectivity index (χ1v) is 6.94. The van der Waals surface area contributed by atoms with E-state index >= 15 is 0 Å². The summed E-state index contributed by atoms with van der Waals surface area (Å²) in [5.41, 5.74) is 2.72. The monoisotopic (exact) mass is 261 g/mol. The molecule has 102 valence electrons. The van der Waals surface area contributed by atoms with Crippen LogP contribution in [0.2, 0.25) is 0 Å². The van der Waals surface area contributed by atoms with Crippen LogP contribution in [0.3, 0.4) is 0 Å². The van der Waals surface area contributed by atoms with Gasteiger partial charge in [-0.05, 0) is 6.07 Å². The maximum absolute atomic E-state index is 5.48. The number of rotatable bonds is 2. The van der Waals surface area contributed by atoms with Crippen molar-refractivity contribution >= 4 is 5.69 Å². The van der Waals surface area contributed by atoms with Crippen LogP contribution in [0, 0.1) is 5.41 Å². The third kappa shape index (κ3) is 2.00. The molecule has 2 N–H and O–H groups in total. The van der Waals surface area contributed by atoms with Crippen LogP contribution >= 0.6 is 0 Å². The minimum atomic E-state index is 0.182. The summed E-state index contributed by atoms with van der Waals surface area (Å²) in [7, 11) is 0. The zero-order chi connectivity index (χ0) is 12.7. The SMILES string of the molecule is c1nnc(C2COCCN2)cc1N1CC2(CNC2)C1. The summed E-state index contributed by atoms with van der Waals surface area (Å²) in [5.74, 6) is 0. The van der Waals surface area contributed by atoms with Gasteiger partial charge in [0.1, 0.15) is 0 Å². The lowest BCUT2D eigenvalue weighted by molar-refractivity contribution is 0.0753. The number of hydrogen-bond donors (Lipinski definition) is 2. The van der Waals surface area contributed by atoms with Crippen LogP contribution in [0.1, 0.15) is 11.7 Å². The van der Waals surface area contributed by atoms with Crippen LogP contribution in [0.5, 0.6) is 0 Å². The highest BCUT2D eigenvalue weighted by molar-refractivity contribution is 5.49.